The molecule has 1 saturated heterocycles. The zero-order chi connectivity index (χ0) is 24.6. The zero-order valence-corrected chi connectivity index (χ0v) is 22.8. The largest absolute Gasteiger partial charge is 0.467 e. The highest BCUT2D eigenvalue weighted by atomic mass is 28.4. The molecule has 2 rings (SSSR count). The van der Waals surface area contributed by atoms with E-state index in [9.17, 15) is 4.79 Å². The van der Waals surface area contributed by atoms with Gasteiger partial charge in [-0.25, -0.2) is 4.79 Å². The Morgan fingerprint density at radius 1 is 1.24 bits per heavy atom. The summed E-state index contributed by atoms with van der Waals surface area (Å²) in [6, 6.07) is 0. The minimum Gasteiger partial charge on any atom is -0.467 e. The van der Waals surface area contributed by atoms with E-state index in [-0.39, 0.29) is 41.3 Å². The molecular formula is C26H46O6Si. The van der Waals surface area contributed by atoms with Crippen molar-refractivity contribution in [3.05, 3.63) is 24.8 Å². The lowest BCUT2D eigenvalue weighted by molar-refractivity contribution is -0.198. The second-order valence-corrected chi connectivity index (χ2v) is 15.6. The average Bonchev–Trinajstić information content (AvgIpc) is 3.07. The highest BCUT2D eigenvalue weighted by Gasteiger charge is 2.47. The van der Waals surface area contributed by atoms with Crippen LogP contribution in [-0.2, 0) is 28.2 Å². The van der Waals surface area contributed by atoms with E-state index in [0.717, 1.165) is 25.9 Å². The molecule has 6 atom stereocenters. The first-order valence-electron chi connectivity index (χ1n) is 12.4. The van der Waals surface area contributed by atoms with E-state index in [1.807, 2.05) is 6.92 Å². The van der Waals surface area contributed by atoms with Crippen molar-refractivity contribution in [3.8, 4) is 0 Å². The normalized spacial score (nSPS) is 29.8. The lowest BCUT2D eigenvalue weighted by Gasteiger charge is -2.38. The van der Waals surface area contributed by atoms with Gasteiger partial charge in [0, 0.05) is 37.9 Å². The number of hydrogen-bond acceptors (Lipinski definition) is 6. The van der Waals surface area contributed by atoms with Gasteiger partial charge in [-0.1, -0.05) is 39.0 Å². The summed E-state index contributed by atoms with van der Waals surface area (Å²) in [7, 11) is -0.545. The number of esters is 1. The Bertz CT molecular complexity index is 650. The van der Waals surface area contributed by atoms with Gasteiger partial charge in [0.25, 0.3) is 0 Å². The smallest absolute Gasteiger partial charge is 0.335 e. The van der Waals surface area contributed by atoms with Crippen molar-refractivity contribution in [2.75, 3.05) is 20.3 Å². The van der Waals surface area contributed by atoms with Gasteiger partial charge in [-0.2, -0.15) is 0 Å². The summed E-state index contributed by atoms with van der Waals surface area (Å²) in [6.07, 6.45) is 9.04. The van der Waals surface area contributed by atoms with Crippen LogP contribution in [0.25, 0.3) is 0 Å². The first-order valence-corrected chi connectivity index (χ1v) is 15.3. The van der Waals surface area contributed by atoms with Crippen LogP contribution in [0.4, 0.5) is 0 Å². The molecule has 0 N–H and O–H groups in total. The summed E-state index contributed by atoms with van der Waals surface area (Å²) in [5.74, 6) is -0.179. The van der Waals surface area contributed by atoms with Gasteiger partial charge in [-0.15, -0.1) is 6.58 Å². The number of hydrogen-bond donors (Lipinski definition) is 0. The van der Waals surface area contributed by atoms with E-state index in [4.69, 9.17) is 23.4 Å². The van der Waals surface area contributed by atoms with Gasteiger partial charge in [0.05, 0.1) is 19.3 Å². The maximum atomic E-state index is 12.3. The number of allylic oxidation sites excluding steroid dienone is 1. The summed E-state index contributed by atoms with van der Waals surface area (Å²) in [5, 5.41) is 0.125. The molecule has 1 aliphatic heterocycles. The molecule has 0 radical (unpaired) electrons. The molecule has 0 aromatic carbocycles. The Morgan fingerprint density at radius 3 is 2.52 bits per heavy atom. The molecule has 0 spiro atoms. The van der Waals surface area contributed by atoms with Crippen LogP contribution in [0.1, 0.15) is 59.8 Å². The molecule has 7 heteroatoms. The van der Waals surface area contributed by atoms with Crippen LogP contribution in [0.3, 0.4) is 0 Å². The Hall–Kier alpha value is -0.993. The molecule has 0 bridgehead atoms. The van der Waals surface area contributed by atoms with Crippen molar-refractivity contribution in [1.29, 1.82) is 0 Å². The second kappa shape index (κ2) is 12.6. The minimum atomic E-state index is -1.94. The maximum absolute atomic E-state index is 12.3. The SMILES string of the molecule is C=CC[C@H](O[C@H]1C[C@@H](OC2CCCCO2)[C@H](CO[Si](C)(C)C(C)(C)C)[C@H]1C=CC)C(=O)OC. The third kappa shape index (κ3) is 7.75. The van der Waals surface area contributed by atoms with Crippen LogP contribution >= 0.6 is 0 Å². The molecular weight excluding hydrogens is 436 g/mol. The van der Waals surface area contributed by atoms with Crippen LogP contribution in [0.15, 0.2) is 24.8 Å². The van der Waals surface area contributed by atoms with Gasteiger partial charge in [-0.3, -0.25) is 0 Å². The molecule has 1 aliphatic carbocycles. The topological polar surface area (TPSA) is 63.2 Å². The van der Waals surface area contributed by atoms with Crippen LogP contribution in [0.2, 0.25) is 18.1 Å². The Kier molecular flexibility index (Phi) is 10.8. The zero-order valence-electron chi connectivity index (χ0n) is 21.8. The van der Waals surface area contributed by atoms with E-state index < -0.39 is 14.4 Å². The molecule has 0 aromatic rings. The van der Waals surface area contributed by atoms with Gasteiger partial charge in [0.15, 0.2) is 20.7 Å². The van der Waals surface area contributed by atoms with Crippen LogP contribution in [0, 0.1) is 11.8 Å². The predicted molar refractivity (Wildman–Crippen MR) is 134 cm³/mol. The number of ether oxygens (including phenoxy) is 4. The summed E-state index contributed by atoms with van der Waals surface area (Å²) in [6.45, 7) is 18.4. The molecule has 190 valence electrons. The highest BCUT2D eigenvalue weighted by Crippen LogP contribution is 2.42. The molecule has 2 fully saturated rings. The molecule has 33 heavy (non-hydrogen) atoms. The lowest BCUT2D eigenvalue weighted by Crippen LogP contribution is -2.44. The van der Waals surface area contributed by atoms with Crippen LogP contribution in [0.5, 0.6) is 0 Å². The molecule has 6 nitrogen and oxygen atoms in total. The molecule has 1 saturated carbocycles. The molecule has 1 heterocycles. The van der Waals surface area contributed by atoms with Crippen molar-refractivity contribution in [2.45, 2.75) is 103 Å². The molecule has 1 unspecified atom stereocenters. The predicted octanol–water partition coefficient (Wildman–Crippen LogP) is 5.64. The first-order chi connectivity index (χ1) is 15.5. The van der Waals surface area contributed by atoms with Crippen LogP contribution < -0.4 is 0 Å². The van der Waals surface area contributed by atoms with Gasteiger partial charge in [-0.05, 0) is 44.3 Å². The third-order valence-electron chi connectivity index (χ3n) is 7.37. The number of rotatable bonds is 11. The fraction of sp³-hybridized carbons (Fsp3) is 0.808. The average molecular weight is 483 g/mol. The number of carbonyl (C=O) groups excluding carboxylic acids is 1. The van der Waals surface area contributed by atoms with Crippen molar-refractivity contribution < 1.29 is 28.2 Å². The lowest BCUT2D eigenvalue weighted by atomic mass is 9.93. The summed E-state index contributed by atoms with van der Waals surface area (Å²) < 4.78 is 30.4. The second-order valence-electron chi connectivity index (χ2n) is 10.8. The Balaban J connectivity index is 2.26. The first kappa shape index (κ1) is 28.2. The van der Waals surface area contributed by atoms with Crippen molar-refractivity contribution in [3.63, 3.8) is 0 Å². The standard InChI is InChI=1S/C26H46O6Si/c1-9-13-19-20(18-30-33(7,8)26(3,4)5)23(32-24-15-11-12-16-29-24)17-22(19)31-21(14-10-2)25(27)28-6/h9-10,13,19-24H,2,11-12,14-18H2,1,3-8H3/t19-,20-,21+,22+,23-,24?/m1/s1. The van der Waals surface area contributed by atoms with E-state index in [1.54, 1.807) is 6.08 Å². The molecule has 0 amide bonds. The fourth-order valence-corrected chi connectivity index (χ4v) is 5.37. The van der Waals surface area contributed by atoms with Crippen molar-refractivity contribution in [1.82, 2.24) is 0 Å². The number of methoxy groups -OCH3 is 1. The Morgan fingerprint density at radius 2 is 1.97 bits per heavy atom. The van der Waals surface area contributed by atoms with E-state index in [0.29, 0.717) is 19.4 Å². The van der Waals surface area contributed by atoms with E-state index in [1.165, 1.54) is 7.11 Å². The Labute approximate surface area is 202 Å². The summed E-state index contributed by atoms with van der Waals surface area (Å²) in [4.78, 5) is 12.3. The van der Waals surface area contributed by atoms with Gasteiger partial charge < -0.3 is 23.4 Å². The fourth-order valence-electron chi connectivity index (χ4n) is 4.33. The minimum absolute atomic E-state index is 0.0638. The summed E-state index contributed by atoms with van der Waals surface area (Å²) >= 11 is 0. The number of carbonyl (C=O) groups is 1. The summed E-state index contributed by atoms with van der Waals surface area (Å²) in [5.41, 5.74) is 0. The highest BCUT2D eigenvalue weighted by molar-refractivity contribution is 6.74. The van der Waals surface area contributed by atoms with E-state index in [2.05, 4.69) is 52.6 Å². The van der Waals surface area contributed by atoms with Gasteiger partial charge in [0.1, 0.15) is 0 Å². The van der Waals surface area contributed by atoms with Crippen molar-refractivity contribution in [2.24, 2.45) is 11.8 Å². The van der Waals surface area contributed by atoms with Gasteiger partial charge >= 0.3 is 5.97 Å². The van der Waals surface area contributed by atoms with Crippen LogP contribution in [-0.4, -0.2) is 59.2 Å². The molecule has 2 aliphatic rings. The maximum Gasteiger partial charge on any atom is 0.335 e. The monoisotopic (exact) mass is 482 g/mol. The third-order valence-corrected chi connectivity index (χ3v) is 11.9. The van der Waals surface area contributed by atoms with E-state index >= 15 is 0 Å². The van der Waals surface area contributed by atoms with Gasteiger partial charge in [0.2, 0.25) is 0 Å². The molecule has 0 aromatic heterocycles. The van der Waals surface area contributed by atoms with Crippen molar-refractivity contribution >= 4 is 14.3 Å². The quantitative estimate of drug-likeness (QED) is 0.216.